The Bertz CT molecular complexity index is 905. The van der Waals surface area contributed by atoms with Crippen LogP contribution in [-0.4, -0.2) is 53.5 Å². The van der Waals surface area contributed by atoms with Crippen LogP contribution >= 0.6 is 0 Å². The summed E-state index contributed by atoms with van der Waals surface area (Å²) < 4.78 is 0. The van der Waals surface area contributed by atoms with Crippen molar-refractivity contribution in [3.05, 3.63) is 115 Å². The lowest BCUT2D eigenvalue weighted by Crippen LogP contribution is -2.43. The highest BCUT2D eigenvalue weighted by atomic mass is 15.2. The predicted molar refractivity (Wildman–Crippen MR) is 152 cm³/mol. The molecule has 0 bridgehead atoms. The zero-order valence-electron chi connectivity index (χ0n) is 21.9. The van der Waals surface area contributed by atoms with Gasteiger partial charge in [-0.1, -0.05) is 86.2 Å². The van der Waals surface area contributed by atoms with Crippen LogP contribution in [0.4, 0.5) is 0 Å². The molecule has 0 fully saturated rings. The van der Waals surface area contributed by atoms with Gasteiger partial charge >= 0.3 is 0 Å². The van der Waals surface area contributed by atoms with Gasteiger partial charge in [0, 0.05) is 45.5 Å². The smallest absolute Gasteiger partial charge is 0.0569 e. The van der Waals surface area contributed by atoms with Crippen molar-refractivity contribution in [3.8, 4) is 0 Å². The van der Waals surface area contributed by atoms with Gasteiger partial charge in [-0.3, -0.25) is 14.8 Å². The van der Waals surface area contributed by atoms with Gasteiger partial charge in [0.05, 0.1) is 11.7 Å². The van der Waals surface area contributed by atoms with Crippen molar-refractivity contribution < 1.29 is 0 Å². The molecule has 0 saturated heterocycles. The molecule has 0 aliphatic carbocycles. The van der Waals surface area contributed by atoms with Crippen LogP contribution in [0, 0.1) is 0 Å². The standard InChI is InChI=1S/C31H44N4/c1-5-8-10-16-28(4)24-34(26-30-18-12-14-20-32-30)22-23-35(27-31-19-13-15-21-33-31)25-29(7-3)17-11-9-6-2/h5,7-8,10-21,31,33H,1,6,9,22-27H2,2-4H3/b10-8-,17-11+,28-16+,29-7+. The molecule has 4 heteroatoms. The van der Waals surface area contributed by atoms with Gasteiger partial charge in [-0.15, -0.1) is 0 Å². The first kappa shape index (κ1) is 28.3. The first-order chi connectivity index (χ1) is 17.1. The van der Waals surface area contributed by atoms with Crippen molar-refractivity contribution in [1.29, 1.82) is 0 Å². The van der Waals surface area contributed by atoms with Crippen LogP contribution in [-0.2, 0) is 6.54 Å². The molecular weight excluding hydrogens is 428 g/mol. The third-order valence-electron chi connectivity index (χ3n) is 5.83. The Kier molecular flexibility index (Phi) is 14.1. The summed E-state index contributed by atoms with van der Waals surface area (Å²) >= 11 is 0. The number of unbranched alkanes of at least 4 members (excludes halogenated alkanes) is 1. The average molecular weight is 473 g/mol. The van der Waals surface area contributed by atoms with E-state index in [1.54, 1.807) is 0 Å². The monoisotopic (exact) mass is 472 g/mol. The van der Waals surface area contributed by atoms with E-state index < -0.39 is 0 Å². The third-order valence-corrected chi connectivity index (χ3v) is 5.83. The summed E-state index contributed by atoms with van der Waals surface area (Å²) in [5.74, 6) is 0. The molecule has 2 rings (SSSR count). The largest absolute Gasteiger partial charge is 0.383 e. The molecule has 0 saturated carbocycles. The number of nitrogens with zero attached hydrogens (tertiary/aromatic N) is 3. The SMILES string of the molecule is C=C/C=C\C=C(/C)CN(CCN(CC(/C=C/CCC)=C/C)CC1C=CC=CN1)Cc1ccccn1. The van der Waals surface area contributed by atoms with Crippen LogP contribution in [0.3, 0.4) is 0 Å². The lowest BCUT2D eigenvalue weighted by Gasteiger charge is -2.30. The van der Waals surface area contributed by atoms with Crippen LogP contribution in [0.2, 0.25) is 0 Å². The summed E-state index contributed by atoms with van der Waals surface area (Å²) in [6, 6.07) is 6.48. The number of hydrogen-bond acceptors (Lipinski definition) is 4. The van der Waals surface area contributed by atoms with Gasteiger partial charge < -0.3 is 5.32 Å². The van der Waals surface area contributed by atoms with E-state index in [-0.39, 0.29) is 0 Å². The fourth-order valence-electron chi connectivity index (χ4n) is 3.94. The highest BCUT2D eigenvalue weighted by Crippen LogP contribution is 2.10. The first-order valence-electron chi connectivity index (χ1n) is 12.8. The van der Waals surface area contributed by atoms with E-state index in [1.165, 1.54) is 17.6 Å². The van der Waals surface area contributed by atoms with Gasteiger partial charge in [0.15, 0.2) is 0 Å². The molecule has 1 aliphatic heterocycles. The Morgan fingerprint density at radius 1 is 1.14 bits per heavy atom. The normalized spacial score (nSPS) is 16.7. The third kappa shape index (κ3) is 12.4. The van der Waals surface area contributed by atoms with E-state index in [2.05, 4.69) is 108 Å². The molecule has 1 atom stereocenters. The van der Waals surface area contributed by atoms with Gasteiger partial charge in [-0.2, -0.15) is 0 Å². The van der Waals surface area contributed by atoms with Crippen molar-refractivity contribution in [2.45, 2.75) is 46.2 Å². The van der Waals surface area contributed by atoms with E-state index in [1.807, 2.05) is 30.6 Å². The Morgan fingerprint density at radius 2 is 2.00 bits per heavy atom. The predicted octanol–water partition coefficient (Wildman–Crippen LogP) is 6.22. The fraction of sp³-hybridized carbons (Fsp3) is 0.387. The van der Waals surface area contributed by atoms with Gasteiger partial charge in [0.25, 0.3) is 0 Å². The van der Waals surface area contributed by atoms with Gasteiger partial charge in [-0.05, 0) is 50.3 Å². The molecular formula is C31H44N4. The van der Waals surface area contributed by atoms with E-state index >= 15 is 0 Å². The molecule has 0 amide bonds. The lowest BCUT2D eigenvalue weighted by atomic mass is 10.1. The maximum Gasteiger partial charge on any atom is 0.0569 e. The summed E-state index contributed by atoms with van der Waals surface area (Å²) in [6.45, 7) is 15.9. The second-order valence-corrected chi connectivity index (χ2v) is 8.97. The number of rotatable bonds is 16. The highest BCUT2D eigenvalue weighted by molar-refractivity contribution is 5.20. The fourth-order valence-corrected chi connectivity index (χ4v) is 3.94. The Morgan fingerprint density at radius 3 is 2.69 bits per heavy atom. The summed E-state index contributed by atoms with van der Waals surface area (Å²) in [4.78, 5) is 9.64. The quantitative estimate of drug-likeness (QED) is 0.290. The minimum atomic E-state index is 0.327. The molecule has 1 aromatic heterocycles. The molecule has 188 valence electrons. The number of nitrogens with one attached hydrogen (secondary N) is 1. The maximum atomic E-state index is 4.58. The minimum Gasteiger partial charge on any atom is -0.383 e. The van der Waals surface area contributed by atoms with E-state index in [9.17, 15) is 0 Å². The Labute approximate surface area is 213 Å². The number of hydrogen-bond donors (Lipinski definition) is 1. The van der Waals surface area contributed by atoms with Crippen molar-refractivity contribution in [2.24, 2.45) is 0 Å². The zero-order valence-corrected chi connectivity index (χ0v) is 21.9. The molecule has 4 nitrogen and oxygen atoms in total. The molecule has 0 radical (unpaired) electrons. The molecule has 35 heavy (non-hydrogen) atoms. The second-order valence-electron chi connectivity index (χ2n) is 8.97. The van der Waals surface area contributed by atoms with E-state index in [4.69, 9.17) is 0 Å². The van der Waals surface area contributed by atoms with Crippen LogP contribution in [0.25, 0.3) is 0 Å². The van der Waals surface area contributed by atoms with Gasteiger partial charge in [0.2, 0.25) is 0 Å². The molecule has 2 heterocycles. The summed E-state index contributed by atoms with van der Waals surface area (Å²) in [5, 5.41) is 3.49. The number of dihydropyridines is 1. The van der Waals surface area contributed by atoms with E-state index in [0.29, 0.717) is 6.04 Å². The van der Waals surface area contributed by atoms with E-state index in [0.717, 1.165) is 51.4 Å². The zero-order chi connectivity index (χ0) is 25.1. The molecule has 0 aromatic carbocycles. The topological polar surface area (TPSA) is 31.4 Å². The van der Waals surface area contributed by atoms with Crippen LogP contribution in [0.1, 0.15) is 39.3 Å². The van der Waals surface area contributed by atoms with Crippen molar-refractivity contribution in [2.75, 3.05) is 32.7 Å². The second kappa shape index (κ2) is 17.5. The summed E-state index contributed by atoms with van der Waals surface area (Å²) in [5.41, 5.74) is 3.80. The average Bonchev–Trinajstić information content (AvgIpc) is 2.88. The Hall–Kier alpha value is -2.95. The van der Waals surface area contributed by atoms with Gasteiger partial charge in [0.1, 0.15) is 0 Å². The first-order valence-corrected chi connectivity index (χ1v) is 12.8. The molecule has 0 spiro atoms. The maximum absolute atomic E-state index is 4.58. The molecule has 1 unspecified atom stereocenters. The lowest BCUT2D eigenvalue weighted by molar-refractivity contribution is 0.210. The van der Waals surface area contributed by atoms with Crippen molar-refractivity contribution in [1.82, 2.24) is 20.1 Å². The molecule has 1 aromatic rings. The number of aromatic nitrogens is 1. The van der Waals surface area contributed by atoms with Gasteiger partial charge in [-0.25, -0.2) is 0 Å². The molecule has 1 aliphatic rings. The number of allylic oxidation sites excluding steroid dienone is 8. The summed E-state index contributed by atoms with van der Waals surface area (Å²) in [7, 11) is 0. The Balaban J connectivity index is 2.12. The molecule has 1 N–H and O–H groups in total. The van der Waals surface area contributed by atoms with Crippen molar-refractivity contribution >= 4 is 0 Å². The number of pyridine rings is 1. The van der Waals surface area contributed by atoms with Crippen LogP contribution in [0.15, 0.2) is 109 Å². The summed E-state index contributed by atoms with van der Waals surface area (Å²) in [6.07, 6.45) is 27.5. The van der Waals surface area contributed by atoms with Crippen molar-refractivity contribution in [3.63, 3.8) is 0 Å². The van der Waals surface area contributed by atoms with Crippen LogP contribution < -0.4 is 5.32 Å². The van der Waals surface area contributed by atoms with Crippen LogP contribution in [0.5, 0.6) is 0 Å². The minimum absolute atomic E-state index is 0.327. The highest BCUT2D eigenvalue weighted by Gasteiger charge is 2.15.